The second-order valence-corrected chi connectivity index (χ2v) is 4.91. The first-order chi connectivity index (χ1) is 6.41. The lowest BCUT2D eigenvalue weighted by Gasteiger charge is -2.26. The molecule has 2 atom stereocenters. The number of hydrogen-bond donors (Lipinski definition) is 2. The summed E-state index contributed by atoms with van der Waals surface area (Å²) >= 11 is 0. The molecule has 0 aromatic heterocycles. The van der Waals surface area contributed by atoms with Gasteiger partial charge in [-0.3, -0.25) is 4.79 Å². The average molecular weight is 200 g/mol. The highest BCUT2D eigenvalue weighted by molar-refractivity contribution is 5.82. The Hall–Kier alpha value is -0.610. The van der Waals surface area contributed by atoms with Gasteiger partial charge in [-0.1, -0.05) is 20.8 Å². The van der Waals surface area contributed by atoms with Crippen LogP contribution in [0.1, 0.15) is 27.2 Å². The van der Waals surface area contributed by atoms with E-state index in [1.807, 2.05) is 20.8 Å². The summed E-state index contributed by atoms with van der Waals surface area (Å²) in [5, 5.41) is 2.90. The number of rotatable bonds is 2. The van der Waals surface area contributed by atoms with Crippen LogP contribution in [0.15, 0.2) is 0 Å². The number of carbonyl (C=O) groups excluding carboxylic acids is 1. The quantitative estimate of drug-likeness (QED) is 0.672. The van der Waals surface area contributed by atoms with E-state index in [1.165, 1.54) is 0 Å². The van der Waals surface area contributed by atoms with Crippen LogP contribution in [0.25, 0.3) is 0 Å². The van der Waals surface area contributed by atoms with Gasteiger partial charge in [-0.2, -0.15) is 0 Å². The smallest absolute Gasteiger partial charge is 0.237 e. The fraction of sp³-hybridized carbons (Fsp3) is 0.900. The molecule has 4 nitrogen and oxygen atoms in total. The first kappa shape index (κ1) is 11.5. The molecule has 1 aliphatic heterocycles. The second kappa shape index (κ2) is 4.28. The number of carbonyl (C=O) groups is 1. The molecule has 0 radical (unpaired) electrons. The Balaban J connectivity index is 2.41. The minimum absolute atomic E-state index is 0.0759. The molecule has 1 heterocycles. The van der Waals surface area contributed by atoms with Gasteiger partial charge in [0, 0.05) is 6.61 Å². The summed E-state index contributed by atoms with van der Waals surface area (Å²) < 4.78 is 5.17. The molecule has 14 heavy (non-hydrogen) atoms. The number of nitrogens with two attached hydrogens (primary N) is 1. The van der Waals surface area contributed by atoms with E-state index in [-0.39, 0.29) is 17.4 Å². The van der Waals surface area contributed by atoms with Crippen molar-refractivity contribution in [3.63, 3.8) is 0 Å². The summed E-state index contributed by atoms with van der Waals surface area (Å²) in [6, 6.07) is -0.306. The van der Waals surface area contributed by atoms with Crippen molar-refractivity contribution in [2.45, 2.75) is 39.3 Å². The van der Waals surface area contributed by atoms with E-state index < -0.39 is 6.04 Å². The zero-order valence-electron chi connectivity index (χ0n) is 9.17. The molecule has 0 aromatic rings. The Morgan fingerprint density at radius 1 is 1.57 bits per heavy atom. The molecule has 0 aliphatic carbocycles. The van der Waals surface area contributed by atoms with Crippen molar-refractivity contribution in [2.75, 3.05) is 13.2 Å². The summed E-state index contributed by atoms with van der Waals surface area (Å²) in [5.41, 5.74) is 5.63. The highest BCUT2D eigenvalue weighted by Crippen LogP contribution is 2.17. The average Bonchev–Trinajstić information content (AvgIpc) is 2.53. The predicted octanol–water partition coefficient (Wildman–Crippen LogP) is 0.265. The molecule has 1 unspecified atom stereocenters. The summed E-state index contributed by atoms with van der Waals surface area (Å²) in [7, 11) is 0. The van der Waals surface area contributed by atoms with E-state index in [0.29, 0.717) is 6.61 Å². The first-order valence-electron chi connectivity index (χ1n) is 5.05. The first-order valence-corrected chi connectivity index (χ1v) is 5.05. The van der Waals surface area contributed by atoms with Crippen molar-refractivity contribution in [1.82, 2.24) is 5.32 Å². The van der Waals surface area contributed by atoms with Crippen LogP contribution in [0.3, 0.4) is 0 Å². The van der Waals surface area contributed by atoms with Crippen molar-refractivity contribution in [1.29, 1.82) is 0 Å². The molecular weight excluding hydrogens is 180 g/mol. The molecule has 0 bridgehead atoms. The van der Waals surface area contributed by atoms with Crippen molar-refractivity contribution in [3.05, 3.63) is 0 Å². The Morgan fingerprint density at radius 2 is 2.21 bits per heavy atom. The van der Waals surface area contributed by atoms with Gasteiger partial charge in [-0.15, -0.1) is 0 Å². The van der Waals surface area contributed by atoms with E-state index in [0.717, 1.165) is 13.0 Å². The Morgan fingerprint density at radius 3 is 2.64 bits per heavy atom. The van der Waals surface area contributed by atoms with Gasteiger partial charge in [-0.25, -0.2) is 0 Å². The third-order valence-corrected chi connectivity index (χ3v) is 2.49. The van der Waals surface area contributed by atoms with Gasteiger partial charge in [0.05, 0.1) is 18.7 Å². The summed E-state index contributed by atoms with van der Waals surface area (Å²) in [4.78, 5) is 11.7. The Kier molecular flexibility index (Phi) is 3.50. The topological polar surface area (TPSA) is 64.4 Å². The van der Waals surface area contributed by atoms with E-state index in [1.54, 1.807) is 0 Å². The van der Waals surface area contributed by atoms with Crippen LogP contribution in [0, 0.1) is 5.41 Å². The second-order valence-electron chi connectivity index (χ2n) is 4.91. The van der Waals surface area contributed by atoms with Gasteiger partial charge in [0.25, 0.3) is 0 Å². The minimum atomic E-state index is -0.455. The molecule has 0 saturated carbocycles. The standard InChI is InChI=1S/C10H20N2O2/c1-10(2,3)8(11)9(13)12-7-4-5-14-6-7/h7-8H,4-6,11H2,1-3H3,(H,12,13)/t7?,8-/m0/s1. The van der Waals surface area contributed by atoms with Crippen molar-refractivity contribution in [3.8, 4) is 0 Å². The van der Waals surface area contributed by atoms with Crippen LogP contribution in [0.2, 0.25) is 0 Å². The summed E-state index contributed by atoms with van der Waals surface area (Å²) in [6.45, 7) is 7.23. The van der Waals surface area contributed by atoms with Crippen LogP contribution < -0.4 is 11.1 Å². The molecule has 0 spiro atoms. The molecule has 1 fully saturated rings. The zero-order valence-corrected chi connectivity index (χ0v) is 9.17. The largest absolute Gasteiger partial charge is 0.379 e. The number of nitrogens with one attached hydrogen (secondary N) is 1. The highest BCUT2D eigenvalue weighted by atomic mass is 16.5. The van der Waals surface area contributed by atoms with Gasteiger partial charge in [0.15, 0.2) is 0 Å². The van der Waals surface area contributed by atoms with E-state index in [2.05, 4.69) is 5.32 Å². The molecule has 1 rings (SSSR count). The van der Waals surface area contributed by atoms with Gasteiger partial charge >= 0.3 is 0 Å². The number of amides is 1. The third-order valence-electron chi connectivity index (χ3n) is 2.49. The van der Waals surface area contributed by atoms with Crippen molar-refractivity contribution >= 4 is 5.91 Å². The highest BCUT2D eigenvalue weighted by Gasteiger charge is 2.29. The van der Waals surface area contributed by atoms with Crippen LogP contribution in [-0.2, 0) is 9.53 Å². The van der Waals surface area contributed by atoms with Gasteiger partial charge in [-0.05, 0) is 11.8 Å². The fourth-order valence-corrected chi connectivity index (χ4v) is 1.33. The van der Waals surface area contributed by atoms with Gasteiger partial charge in [0.2, 0.25) is 5.91 Å². The molecule has 1 aliphatic rings. The molecule has 4 heteroatoms. The molecule has 1 saturated heterocycles. The van der Waals surface area contributed by atoms with Crippen LogP contribution >= 0.6 is 0 Å². The number of hydrogen-bond acceptors (Lipinski definition) is 3. The molecule has 82 valence electrons. The van der Waals surface area contributed by atoms with Crippen LogP contribution in [0.5, 0.6) is 0 Å². The van der Waals surface area contributed by atoms with Gasteiger partial charge < -0.3 is 15.8 Å². The summed E-state index contributed by atoms with van der Waals surface area (Å²) in [6.07, 6.45) is 0.891. The maximum absolute atomic E-state index is 11.7. The Labute approximate surface area is 85.2 Å². The van der Waals surface area contributed by atoms with Crippen molar-refractivity contribution in [2.24, 2.45) is 11.1 Å². The predicted molar refractivity (Wildman–Crippen MR) is 54.8 cm³/mol. The lowest BCUT2D eigenvalue weighted by Crippen LogP contribution is -2.51. The normalized spacial score (nSPS) is 24.7. The maximum Gasteiger partial charge on any atom is 0.237 e. The molecule has 1 amide bonds. The van der Waals surface area contributed by atoms with E-state index in [4.69, 9.17) is 10.5 Å². The minimum Gasteiger partial charge on any atom is -0.379 e. The van der Waals surface area contributed by atoms with E-state index in [9.17, 15) is 4.79 Å². The molecule has 0 aromatic carbocycles. The van der Waals surface area contributed by atoms with E-state index >= 15 is 0 Å². The third kappa shape index (κ3) is 2.96. The molecule has 3 N–H and O–H groups in total. The SMILES string of the molecule is CC(C)(C)[C@@H](N)C(=O)NC1CCOC1. The van der Waals surface area contributed by atoms with Crippen LogP contribution in [0.4, 0.5) is 0 Å². The molecular formula is C10H20N2O2. The van der Waals surface area contributed by atoms with Crippen molar-refractivity contribution < 1.29 is 9.53 Å². The lowest BCUT2D eigenvalue weighted by molar-refractivity contribution is -0.125. The zero-order chi connectivity index (χ0) is 10.8. The maximum atomic E-state index is 11.7. The van der Waals surface area contributed by atoms with Crippen LogP contribution in [-0.4, -0.2) is 31.2 Å². The summed E-state index contributed by atoms with van der Waals surface area (Å²) in [5.74, 6) is -0.0759. The number of ether oxygens (including phenoxy) is 1. The lowest BCUT2D eigenvalue weighted by atomic mass is 9.87. The fourth-order valence-electron chi connectivity index (χ4n) is 1.33. The Bertz CT molecular complexity index is 205. The monoisotopic (exact) mass is 200 g/mol. The van der Waals surface area contributed by atoms with Gasteiger partial charge in [0.1, 0.15) is 0 Å².